The molecule has 13 heavy (non-hydrogen) atoms. The molecular formula is C13H26. The third-order valence-corrected chi connectivity index (χ3v) is 3.72. The summed E-state index contributed by atoms with van der Waals surface area (Å²) in [5.74, 6) is 3.15. The van der Waals surface area contributed by atoms with Crippen molar-refractivity contribution >= 4 is 0 Å². The van der Waals surface area contributed by atoms with Gasteiger partial charge in [0.05, 0.1) is 0 Å². The zero-order chi connectivity index (χ0) is 9.68. The van der Waals surface area contributed by atoms with Crippen molar-refractivity contribution in [2.45, 2.75) is 65.7 Å². The van der Waals surface area contributed by atoms with Crippen LogP contribution >= 0.6 is 0 Å². The lowest BCUT2D eigenvalue weighted by Gasteiger charge is -2.22. The normalized spacial score (nSPS) is 28.6. The van der Waals surface area contributed by atoms with E-state index in [0.29, 0.717) is 0 Å². The summed E-state index contributed by atoms with van der Waals surface area (Å²) in [5, 5.41) is 0. The molecule has 0 heteroatoms. The van der Waals surface area contributed by atoms with Crippen molar-refractivity contribution in [3.05, 3.63) is 0 Å². The molecule has 0 aliphatic heterocycles. The van der Waals surface area contributed by atoms with Crippen LogP contribution in [-0.4, -0.2) is 0 Å². The predicted octanol–water partition coefficient (Wildman–Crippen LogP) is 4.64. The van der Waals surface area contributed by atoms with Crippen LogP contribution in [0.1, 0.15) is 65.7 Å². The molecular weight excluding hydrogens is 156 g/mol. The molecule has 0 saturated heterocycles. The molecule has 0 amide bonds. The highest BCUT2D eigenvalue weighted by atomic mass is 14.3. The minimum Gasteiger partial charge on any atom is -0.0654 e. The molecule has 2 atom stereocenters. The van der Waals surface area contributed by atoms with E-state index in [1.807, 2.05) is 0 Å². The molecule has 0 bridgehead atoms. The number of rotatable bonds is 5. The molecule has 0 aromatic carbocycles. The van der Waals surface area contributed by atoms with Crippen LogP contribution in [0.15, 0.2) is 0 Å². The zero-order valence-corrected chi connectivity index (χ0v) is 9.68. The fraction of sp³-hybridized carbons (Fsp3) is 1.00. The average molecular weight is 182 g/mol. The van der Waals surface area contributed by atoms with Crippen molar-refractivity contribution in [1.82, 2.24) is 0 Å². The van der Waals surface area contributed by atoms with Gasteiger partial charge in [-0.1, -0.05) is 52.9 Å². The predicted molar refractivity (Wildman–Crippen MR) is 59.8 cm³/mol. The van der Waals surface area contributed by atoms with Crippen molar-refractivity contribution in [2.75, 3.05) is 0 Å². The average Bonchev–Trinajstić information content (AvgIpc) is 2.51. The summed E-state index contributed by atoms with van der Waals surface area (Å²) >= 11 is 0. The van der Waals surface area contributed by atoms with Crippen LogP contribution in [0.2, 0.25) is 0 Å². The molecule has 0 spiro atoms. The number of hydrogen-bond donors (Lipinski definition) is 0. The fourth-order valence-corrected chi connectivity index (χ4v) is 3.04. The van der Waals surface area contributed by atoms with E-state index < -0.39 is 0 Å². The summed E-state index contributed by atoms with van der Waals surface area (Å²) in [6.45, 7) is 7.09. The zero-order valence-electron chi connectivity index (χ0n) is 9.68. The summed E-state index contributed by atoms with van der Waals surface area (Å²) in [6.07, 6.45) is 10.3. The SMILES string of the molecule is CCCC(CCC)C1CCC(C)C1. The molecule has 1 rings (SSSR count). The van der Waals surface area contributed by atoms with Crippen molar-refractivity contribution < 1.29 is 0 Å². The molecule has 2 unspecified atom stereocenters. The van der Waals surface area contributed by atoms with Gasteiger partial charge in [-0.05, 0) is 30.6 Å². The summed E-state index contributed by atoms with van der Waals surface area (Å²) < 4.78 is 0. The lowest BCUT2D eigenvalue weighted by Crippen LogP contribution is -2.11. The van der Waals surface area contributed by atoms with Gasteiger partial charge >= 0.3 is 0 Å². The van der Waals surface area contributed by atoms with Gasteiger partial charge in [-0.3, -0.25) is 0 Å². The largest absolute Gasteiger partial charge is 0.0654 e. The minimum atomic E-state index is 1.02. The quantitative estimate of drug-likeness (QED) is 0.581. The number of hydrogen-bond acceptors (Lipinski definition) is 0. The molecule has 0 aromatic heterocycles. The highest BCUT2D eigenvalue weighted by Gasteiger charge is 2.27. The Balaban J connectivity index is 2.35. The van der Waals surface area contributed by atoms with Crippen LogP contribution in [0.4, 0.5) is 0 Å². The van der Waals surface area contributed by atoms with Crippen LogP contribution < -0.4 is 0 Å². The molecule has 1 aliphatic carbocycles. The van der Waals surface area contributed by atoms with Crippen LogP contribution in [0, 0.1) is 17.8 Å². The molecule has 1 saturated carbocycles. The van der Waals surface area contributed by atoms with E-state index >= 15 is 0 Å². The molecule has 0 nitrogen and oxygen atoms in total. The van der Waals surface area contributed by atoms with Crippen LogP contribution in [-0.2, 0) is 0 Å². The third kappa shape index (κ3) is 3.32. The van der Waals surface area contributed by atoms with Gasteiger partial charge < -0.3 is 0 Å². The van der Waals surface area contributed by atoms with Gasteiger partial charge in [0.1, 0.15) is 0 Å². The first-order chi connectivity index (χ1) is 6.27. The Labute approximate surface area is 84.1 Å². The Morgan fingerprint density at radius 1 is 1.08 bits per heavy atom. The molecule has 1 fully saturated rings. The Kier molecular flexibility index (Phi) is 4.83. The monoisotopic (exact) mass is 182 g/mol. The first-order valence-electron chi connectivity index (χ1n) is 6.27. The van der Waals surface area contributed by atoms with E-state index in [4.69, 9.17) is 0 Å². The second-order valence-electron chi connectivity index (χ2n) is 5.02. The highest BCUT2D eigenvalue weighted by molar-refractivity contribution is 4.78. The first kappa shape index (κ1) is 11.1. The second kappa shape index (κ2) is 5.67. The smallest absolute Gasteiger partial charge is 0.0383 e. The van der Waals surface area contributed by atoms with E-state index in [1.165, 1.54) is 44.9 Å². The van der Waals surface area contributed by atoms with E-state index in [0.717, 1.165) is 17.8 Å². The Morgan fingerprint density at radius 2 is 1.69 bits per heavy atom. The van der Waals surface area contributed by atoms with Gasteiger partial charge in [0.15, 0.2) is 0 Å². The summed E-state index contributed by atoms with van der Waals surface area (Å²) in [7, 11) is 0. The van der Waals surface area contributed by atoms with Crippen molar-refractivity contribution in [3.8, 4) is 0 Å². The van der Waals surface area contributed by atoms with E-state index in [1.54, 1.807) is 0 Å². The van der Waals surface area contributed by atoms with Gasteiger partial charge in [-0.25, -0.2) is 0 Å². The standard InChI is InChI=1S/C13H26/c1-4-6-12(7-5-2)13-9-8-11(3)10-13/h11-13H,4-10H2,1-3H3. The maximum absolute atomic E-state index is 2.43. The molecule has 0 N–H and O–H groups in total. The molecule has 1 aliphatic rings. The van der Waals surface area contributed by atoms with Crippen molar-refractivity contribution in [2.24, 2.45) is 17.8 Å². The lowest BCUT2D eigenvalue weighted by atomic mass is 9.83. The Bertz CT molecular complexity index is 122. The van der Waals surface area contributed by atoms with Gasteiger partial charge in [0.25, 0.3) is 0 Å². The molecule has 78 valence electrons. The van der Waals surface area contributed by atoms with Gasteiger partial charge in [0, 0.05) is 0 Å². The topological polar surface area (TPSA) is 0 Å². The van der Waals surface area contributed by atoms with Crippen molar-refractivity contribution in [1.29, 1.82) is 0 Å². The Morgan fingerprint density at radius 3 is 2.08 bits per heavy atom. The first-order valence-corrected chi connectivity index (χ1v) is 6.27. The minimum absolute atomic E-state index is 1.02. The van der Waals surface area contributed by atoms with Crippen LogP contribution in [0.25, 0.3) is 0 Å². The fourth-order valence-electron chi connectivity index (χ4n) is 3.04. The molecule has 0 heterocycles. The van der Waals surface area contributed by atoms with E-state index in [-0.39, 0.29) is 0 Å². The van der Waals surface area contributed by atoms with Gasteiger partial charge in [-0.2, -0.15) is 0 Å². The summed E-state index contributed by atoms with van der Waals surface area (Å²) in [4.78, 5) is 0. The highest BCUT2D eigenvalue weighted by Crippen LogP contribution is 2.39. The van der Waals surface area contributed by atoms with Crippen molar-refractivity contribution in [3.63, 3.8) is 0 Å². The van der Waals surface area contributed by atoms with Gasteiger partial charge in [-0.15, -0.1) is 0 Å². The van der Waals surface area contributed by atoms with E-state index in [9.17, 15) is 0 Å². The second-order valence-corrected chi connectivity index (χ2v) is 5.02. The summed E-state index contributed by atoms with van der Waals surface area (Å²) in [6, 6.07) is 0. The molecule has 0 aromatic rings. The van der Waals surface area contributed by atoms with Crippen LogP contribution in [0.5, 0.6) is 0 Å². The molecule has 0 radical (unpaired) electrons. The van der Waals surface area contributed by atoms with Gasteiger partial charge in [0.2, 0.25) is 0 Å². The Hall–Kier alpha value is 0. The maximum Gasteiger partial charge on any atom is -0.0383 e. The third-order valence-electron chi connectivity index (χ3n) is 3.72. The summed E-state index contributed by atoms with van der Waals surface area (Å²) in [5.41, 5.74) is 0. The maximum atomic E-state index is 2.43. The lowest BCUT2D eigenvalue weighted by molar-refractivity contribution is 0.288. The van der Waals surface area contributed by atoms with E-state index in [2.05, 4.69) is 20.8 Å². The van der Waals surface area contributed by atoms with Crippen LogP contribution in [0.3, 0.4) is 0 Å².